The number of likely N-dealkylation sites (tertiary alicyclic amines) is 1. The van der Waals surface area contributed by atoms with Crippen molar-refractivity contribution in [2.75, 3.05) is 13.1 Å². The maximum Gasteiger partial charge on any atom is 0.405 e. The van der Waals surface area contributed by atoms with E-state index in [2.05, 4.69) is 15.1 Å². The smallest absolute Gasteiger partial charge is 0.338 e. The van der Waals surface area contributed by atoms with Crippen LogP contribution in [0.1, 0.15) is 22.7 Å². The first kappa shape index (κ1) is 20.6. The number of rotatable bonds is 3. The van der Waals surface area contributed by atoms with E-state index >= 15 is 0 Å². The number of alkyl halides is 3. The molecule has 1 unspecified atom stereocenters. The molecule has 1 aromatic carbocycles. The molecule has 0 aliphatic carbocycles. The van der Waals surface area contributed by atoms with Crippen molar-refractivity contribution in [3.8, 4) is 11.4 Å². The first-order chi connectivity index (χ1) is 14.6. The van der Waals surface area contributed by atoms with Gasteiger partial charge in [0.25, 0.3) is 11.5 Å². The zero-order valence-electron chi connectivity index (χ0n) is 16.1. The second kappa shape index (κ2) is 7.22. The molecule has 1 atom stereocenters. The van der Waals surface area contributed by atoms with Crippen LogP contribution in [0.3, 0.4) is 0 Å². The molecule has 1 saturated heterocycles. The number of amides is 1. The normalized spacial score (nSPS) is 19.0. The highest BCUT2D eigenvalue weighted by Gasteiger charge is 2.63. The molecule has 0 bridgehead atoms. The minimum absolute atomic E-state index is 0.00138. The van der Waals surface area contributed by atoms with Crippen LogP contribution in [0.5, 0.6) is 0 Å². The van der Waals surface area contributed by atoms with Crippen molar-refractivity contribution in [3.05, 3.63) is 68.8 Å². The third kappa shape index (κ3) is 3.33. The first-order valence-corrected chi connectivity index (χ1v) is 9.18. The van der Waals surface area contributed by atoms with Gasteiger partial charge >= 0.3 is 11.9 Å². The van der Waals surface area contributed by atoms with Crippen molar-refractivity contribution in [2.24, 2.45) is 7.05 Å². The number of halogens is 3. The lowest BCUT2D eigenvalue weighted by molar-refractivity contribution is -0.193. The summed E-state index contributed by atoms with van der Waals surface area (Å²) in [5, 5.41) is 3.67. The topological polar surface area (TPSA) is 114 Å². The molecule has 4 rings (SSSR count). The van der Waals surface area contributed by atoms with E-state index in [9.17, 15) is 27.6 Å². The lowest BCUT2D eigenvalue weighted by atomic mass is 9.86. The van der Waals surface area contributed by atoms with Gasteiger partial charge in [0.1, 0.15) is 5.56 Å². The third-order valence-electron chi connectivity index (χ3n) is 5.38. The van der Waals surface area contributed by atoms with E-state index in [0.29, 0.717) is 10.1 Å². The van der Waals surface area contributed by atoms with Crippen molar-refractivity contribution in [2.45, 2.75) is 18.0 Å². The van der Waals surface area contributed by atoms with E-state index in [4.69, 9.17) is 4.52 Å². The molecule has 31 heavy (non-hydrogen) atoms. The van der Waals surface area contributed by atoms with Gasteiger partial charge in [0, 0.05) is 31.9 Å². The number of aromatic amines is 1. The van der Waals surface area contributed by atoms with Gasteiger partial charge in [-0.05, 0) is 6.42 Å². The van der Waals surface area contributed by atoms with Gasteiger partial charge in [-0.3, -0.25) is 14.2 Å². The molecule has 1 aliphatic rings. The molecule has 0 spiro atoms. The van der Waals surface area contributed by atoms with E-state index in [0.717, 1.165) is 18.1 Å². The predicted octanol–water partition coefficient (Wildman–Crippen LogP) is 1.47. The highest BCUT2D eigenvalue weighted by molar-refractivity contribution is 5.93. The summed E-state index contributed by atoms with van der Waals surface area (Å²) in [7, 11) is 1.16. The summed E-state index contributed by atoms with van der Waals surface area (Å²) in [5.41, 5.74) is -4.17. The molecule has 0 radical (unpaired) electrons. The largest absolute Gasteiger partial charge is 0.405 e. The average molecular weight is 435 g/mol. The van der Waals surface area contributed by atoms with Gasteiger partial charge < -0.3 is 14.4 Å². The van der Waals surface area contributed by atoms with E-state index in [1.54, 1.807) is 30.3 Å². The molecule has 3 heterocycles. The summed E-state index contributed by atoms with van der Waals surface area (Å²) in [5.74, 6) is -1.58. The maximum atomic E-state index is 14.2. The summed E-state index contributed by atoms with van der Waals surface area (Å²) >= 11 is 0. The van der Waals surface area contributed by atoms with Gasteiger partial charge in [-0.25, -0.2) is 4.79 Å². The third-order valence-corrected chi connectivity index (χ3v) is 5.38. The summed E-state index contributed by atoms with van der Waals surface area (Å²) in [6, 6.07) is 8.37. The zero-order valence-corrected chi connectivity index (χ0v) is 16.1. The Morgan fingerprint density at radius 2 is 1.94 bits per heavy atom. The van der Waals surface area contributed by atoms with E-state index in [1.807, 2.05) is 0 Å². The van der Waals surface area contributed by atoms with Crippen molar-refractivity contribution >= 4 is 5.91 Å². The lowest BCUT2D eigenvalue weighted by Crippen LogP contribution is -2.47. The van der Waals surface area contributed by atoms with Crippen LogP contribution < -0.4 is 11.2 Å². The summed E-state index contributed by atoms with van der Waals surface area (Å²) in [6.45, 7) is -1.09. The number of hydrogen-bond donors (Lipinski definition) is 1. The van der Waals surface area contributed by atoms with Gasteiger partial charge in [0.05, 0.1) is 0 Å². The summed E-state index contributed by atoms with van der Waals surface area (Å²) < 4.78 is 48.2. The molecule has 1 amide bonds. The monoisotopic (exact) mass is 435 g/mol. The van der Waals surface area contributed by atoms with Crippen molar-refractivity contribution in [1.82, 2.24) is 24.6 Å². The number of carbonyl (C=O) groups excluding carboxylic acids is 1. The zero-order chi connectivity index (χ0) is 22.4. The van der Waals surface area contributed by atoms with Gasteiger partial charge in [0.15, 0.2) is 5.41 Å². The molecular weight excluding hydrogens is 419 g/mol. The standard InChI is InChI=1S/C19H16F3N5O4/c1-26-14(28)12(9-23-17(26)30)15(29)27-8-7-18(10-27,19(20,21)22)16-24-13(25-31-16)11-5-3-2-4-6-11/h2-6,9H,7-8,10H2,1H3,(H,23,30). The van der Waals surface area contributed by atoms with Crippen LogP contribution >= 0.6 is 0 Å². The summed E-state index contributed by atoms with van der Waals surface area (Å²) in [6.07, 6.45) is -4.40. The van der Waals surface area contributed by atoms with Gasteiger partial charge in [-0.15, -0.1) is 0 Å². The molecule has 9 nitrogen and oxygen atoms in total. The Kier molecular flexibility index (Phi) is 4.79. The Hall–Kier alpha value is -3.70. The first-order valence-electron chi connectivity index (χ1n) is 9.18. The number of benzene rings is 1. The molecule has 1 N–H and O–H groups in total. The predicted molar refractivity (Wildman–Crippen MR) is 100 cm³/mol. The van der Waals surface area contributed by atoms with Crippen LogP contribution in [0, 0.1) is 0 Å². The average Bonchev–Trinajstić information content (AvgIpc) is 3.40. The Labute approximate surface area is 172 Å². The second-order valence-corrected chi connectivity index (χ2v) is 7.22. The molecule has 3 aromatic rings. The molecule has 162 valence electrons. The second-order valence-electron chi connectivity index (χ2n) is 7.22. The Morgan fingerprint density at radius 3 is 2.61 bits per heavy atom. The number of hydrogen-bond acceptors (Lipinski definition) is 6. The van der Waals surface area contributed by atoms with E-state index in [1.165, 1.54) is 0 Å². The molecule has 1 fully saturated rings. The minimum Gasteiger partial charge on any atom is -0.338 e. The number of nitrogens with zero attached hydrogens (tertiary/aromatic N) is 4. The number of carbonyl (C=O) groups is 1. The number of aromatic nitrogens is 4. The molecular formula is C19H16F3N5O4. The van der Waals surface area contributed by atoms with E-state index < -0.39 is 53.2 Å². The van der Waals surface area contributed by atoms with Crippen LogP contribution in [0.2, 0.25) is 0 Å². The Bertz CT molecular complexity index is 1250. The van der Waals surface area contributed by atoms with Gasteiger partial charge in [-0.1, -0.05) is 35.5 Å². The van der Waals surface area contributed by atoms with Crippen LogP contribution in [0.4, 0.5) is 13.2 Å². The fraction of sp³-hybridized carbons (Fsp3) is 0.316. The SMILES string of the molecule is Cn1c(=O)[nH]cc(C(=O)N2CCC(c3nc(-c4ccccc4)no3)(C(F)(F)F)C2)c1=O. The Morgan fingerprint density at radius 1 is 1.23 bits per heavy atom. The van der Waals surface area contributed by atoms with Gasteiger partial charge in [0.2, 0.25) is 11.7 Å². The molecule has 0 saturated carbocycles. The van der Waals surface area contributed by atoms with E-state index in [-0.39, 0.29) is 12.4 Å². The highest BCUT2D eigenvalue weighted by atomic mass is 19.4. The Balaban J connectivity index is 1.69. The van der Waals surface area contributed by atoms with Crippen LogP contribution in [0.15, 0.2) is 50.6 Å². The lowest BCUT2D eigenvalue weighted by Gasteiger charge is -2.27. The fourth-order valence-corrected chi connectivity index (χ4v) is 3.52. The van der Waals surface area contributed by atoms with Crippen molar-refractivity contribution in [1.29, 1.82) is 0 Å². The number of H-pyrrole nitrogens is 1. The summed E-state index contributed by atoms with van der Waals surface area (Å²) in [4.78, 5) is 43.5. The van der Waals surface area contributed by atoms with Crippen molar-refractivity contribution < 1.29 is 22.5 Å². The van der Waals surface area contributed by atoms with Crippen LogP contribution in [0.25, 0.3) is 11.4 Å². The van der Waals surface area contributed by atoms with Crippen LogP contribution in [-0.4, -0.2) is 49.8 Å². The molecule has 2 aromatic heterocycles. The quantitative estimate of drug-likeness (QED) is 0.667. The molecule has 1 aliphatic heterocycles. The number of nitrogens with one attached hydrogen (secondary N) is 1. The maximum absolute atomic E-state index is 14.2. The van der Waals surface area contributed by atoms with Crippen LogP contribution in [-0.2, 0) is 12.5 Å². The highest BCUT2D eigenvalue weighted by Crippen LogP contribution is 2.47. The minimum atomic E-state index is -4.79. The molecule has 12 heteroatoms. The fourth-order valence-electron chi connectivity index (χ4n) is 3.52. The van der Waals surface area contributed by atoms with Gasteiger partial charge in [-0.2, -0.15) is 18.2 Å². The van der Waals surface area contributed by atoms with Crippen molar-refractivity contribution in [3.63, 3.8) is 0 Å².